The van der Waals surface area contributed by atoms with Gasteiger partial charge in [0.1, 0.15) is 12.1 Å². The number of aromatic nitrogens is 2. The SMILES string of the molecule is CC(C)CC(CO)Nc1ncnc2ccc(S(C)(=O)=O)cc12. The number of nitrogens with zero attached hydrogens (tertiary/aromatic N) is 2. The minimum atomic E-state index is -3.30. The van der Waals surface area contributed by atoms with E-state index in [1.165, 1.54) is 18.6 Å². The minimum Gasteiger partial charge on any atom is -0.394 e. The van der Waals surface area contributed by atoms with E-state index in [-0.39, 0.29) is 17.5 Å². The Balaban J connectivity index is 2.44. The Labute approximate surface area is 130 Å². The van der Waals surface area contributed by atoms with Gasteiger partial charge in [-0.05, 0) is 30.5 Å². The summed E-state index contributed by atoms with van der Waals surface area (Å²) < 4.78 is 23.4. The number of aliphatic hydroxyl groups excluding tert-OH is 1. The van der Waals surface area contributed by atoms with Gasteiger partial charge in [0.2, 0.25) is 0 Å². The summed E-state index contributed by atoms with van der Waals surface area (Å²) in [6.07, 6.45) is 3.38. The summed E-state index contributed by atoms with van der Waals surface area (Å²) in [5.74, 6) is 0.958. The van der Waals surface area contributed by atoms with E-state index in [2.05, 4.69) is 29.1 Å². The van der Waals surface area contributed by atoms with Crippen molar-refractivity contribution in [1.82, 2.24) is 9.97 Å². The highest BCUT2D eigenvalue weighted by Crippen LogP contribution is 2.24. The van der Waals surface area contributed by atoms with Crippen molar-refractivity contribution in [2.45, 2.75) is 31.2 Å². The first kappa shape index (κ1) is 16.6. The van der Waals surface area contributed by atoms with Gasteiger partial charge in [0, 0.05) is 11.6 Å². The maximum Gasteiger partial charge on any atom is 0.175 e. The van der Waals surface area contributed by atoms with E-state index in [4.69, 9.17) is 0 Å². The number of rotatable bonds is 6. The second kappa shape index (κ2) is 6.58. The summed E-state index contributed by atoms with van der Waals surface area (Å²) in [5, 5.41) is 13.3. The molecule has 2 N–H and O–H groups in total. The van der Waals surface area contributed by atoms with E-state index in [0.717, 1.165) is 6.42 Å². The van der Waals surface area contributed by atoms with Crippen LogP contribution in [0, 0.1) is 5.92 Å². The molecule has 1 heterocycles. The smallest absolute Gasteiger partial charge is 0.175 e. The second-order valence-electron chi connectivity index (χ2n) is 5.83. The van der Waals surface area contributed by atoms with E-state index in [1.54, 1.807) is 12.1 Å². The molecule has 0 aliphatic rings. The molecule has 0 fully saturated rings. The Morgan fingerprint density at radius 3 is 2.59 bits per heavy atom. The fraction of sp³-hybridized carbons (Fsp3) is 0.467. The standard InChI is InChI=1S/C15H21N3O3S/c1-10(2)6-11(8-19)18-15-13-7-12(22(3,20)21)4-5-14(13)16-9-17-15/h4-5,7,9-11,19H,6,8H2,1-3H3,(H,16,17,18). The summed E-state index contributed by atoms with van der Waals surface area (Å²) in [5.41, 5.74) is 0.658. The summed E-state index contributed by atoms with van der Waals surface area (Å²) in [6.45, 7) is 4.13. The Morgan fingerprint density at radius 2 is 2.00 bits per heavy atom. The van der Waals surface area contributed by atoms with Crippen LogP contribution in [0.2, 0.25) is 0 Å². The molecular formula is C15H21N3O3S. The van der Waals surface area contributed by atoms with Crippen LogP contribution in [0.25, 0.3) is 10.9 Å². The van der Waals surface area contributed by atoms with Crippen LogP contribution in [-0.4, -0.2) is 42.4 Å². The Bertz CT molecular complexity index is 760. The van der Waals surface area contributed by atoms with Gasteiger partial charge in [-0.25, -0.2) is 18.4 Å². The van der Waals surface area contributed by atoms with Crippen LogP contribution < -0.4 is 5.32 Å². The Hall–Kier alpha value is -1.73. The van der Waals surface area contributed by atoms with E-state index in [0.29, 0.717) is 22.6 Å². The minimum absolute atomic E-state index is 0.0184. The van der Waals surface area contributed by atoms with Gasteiger partial charge in [0.05, 0.1) is 23.1 Å². The lowest BCUT2D eigenvalue weighted by Gasteiger charge is -2.19. The molecular weight excluding hydrogens is 302 g/mol. The highest BCUT2D eigenvalue weighted by atomic mass is 32.2. The zero-order valence-corrected chi connectivity index (χ0v) is 13.8. The number of nitrogens with one attached hydrogen (secondary N) is 1. The summed E-state index contributed by atoms with van der Waals surface area (Å²) in [7, 11) is -3.30. The average Bonchev–Trinajstić information content (AvgIpc) is 2.45. The van der Waals surface area contributed by atoms with Crippen molar-refractivity contribution in [3.63, 3.8) is 0 Å². The van der Waals surface area contributed by atoms with Crippen molar-refractivity contribution in [2.75, 3.05) is 18.2 Å². The number of fused-ring (bicyclic) bond motifs is 1. The van der Waals surface area contributed by atoms with Crippen molar-refractivity contribution in [3.05, 3.63) is 24.5 Å². The van der Waals surface area contributed by atoms with E-state index in [1.807, 2.05) is 0 Å². The molecule has 0 aliphatic heterocycles. The predicted octanol–water partition coefficient (Wildman–Crippen LogP) is 1.85. The van der Waals surface area contributed by atoms with Crippen molar-refractivity contribution in [3.8, 4) is 0 Å². The monoisotopic (exact) mass is 323 g/mol. The molecule has 7 heteroatoms. The molecule has 2 rings (SSSR count). The third-order valence-electron chi connectivity index (χ3n) is 3.35. The maximum atomic E-state index is 11.7. The summed E-state index contributed by atoms with van der Waals surface area (Å²) >= 11 is 0. The second-order valence-corrected chi connectivity index (χ2v) is 7.84. The molecule has 0 spiro atoms. The number of benzene rings is 1. The van der Waals surface area contributed by atoms with Crippen LogP contribution in [0.5, 0.6) is 0 Å². The molecule has 0 aliphatic carbocycles. The molecule has 1 aromatic heterocycles. The summed E-state index contributed by atoms with van der Waals surface area (Å²) in [6, 6.07) is 4.62. The topological polar surface area (TPSA) is 92.2 Å². The molecule has 22 heavy (non-hydrogen) atoms. The molecule has 120 valence electrons. The van der Waals surface area contributed by atoms with Crippen LogP contribution >= 0.6 is 0 Å². The first-order valence-electron chi connectivity index (χ1n) is 7.13. The highest BCUT2D eigenvalue weighted by Gasteiger charge is 2.14. The van der Waals surface area contributed by atoms with Gasteiger partial charge in [-0.15, -0.1) is 0 Å². The lowest BCUT2D eigenvalue weighted by molar-refractivity contribution is 0.259. The van der Waals surface area contributed by atoms with Crippen LogP contribution in [-0.2, 0) is 9.84 Å². The normalized spacial score (nSPS) is 13.5. The molecule has 0 bridgehead atoms. The van der Waals surface area contributed by atoms with Gasteiger partial charge in [-0.2, -0.15) is 0 Å². The number of hydrogen-bond donors (Lipinski definition) is 2. The third kappa shape index (κ3) is 3.92. The lowest BCUT2D eigenvalue weighted by atomic mass is 10.0. The van der Waals surface area contributed by atoms with Crippen molar-refractivity contribution >= 4 is 26.6 Å². The predicted molar refractivity (Wildman–Crippen MR) is 86.6 cm³/mol. The zero-order chi connectivity index (χ0) is 16.3. The van der Waals surface area contributed by atoms with Crippen LogP contribution in [0.15, 0.2) is 29.4 Å². The molecule has 6 nitrogen and oxygen atoms in total. The molecule has 1 unspecified atom stereocenters. The largest absolute Gasteiger partial charge is 0.394 e. The van der Waals surface area contributed by atoms with Gasteiger partial charge in [0.15, 0.2) is 9.84 Å². The summed E-state index contributed by atoms with van der Waals surface area (Å²) in [4.78, 5) is 8.57. The number of sulfone groups is 1. The Morgan fingerprint density at radius 1 is 1.27 bits per heavy atom. The average molecular weight is 323 g/mol. The number of aliphatic hydroxyl groups is 1. The third-order valence-corrected chi connectivity index (χ3v) is 4.46. The molecule has 0 saturated heterocycles. The van der Waals surface area contributed by atoms with Crippen LogP contribution in [0.1, 0.15) is 20.3 Å². The lowest BCUT2D eigenvalue weighted by Crippen LogP contribution is -2.26. The highest BCUT2D eigenvalue weighted by molar-refractivity contribution is 7.90. The number of hydrogen-bond acceptors (Lipinski definition) is 6. The van der Waals surface area contributed by atoms with Gasteiger partial charge in [-0.3, -0.25) is 0 Å². The van der Waals surface area contributed by atoms with Crippen molar-refractivity contribution in [2.24, 2.45) is 5.92 Å². The van der Waals surface area contributed by atoms with Crippen molar-refractivity contribution in [1.29, 1.82) is 0 Å². The fourth-order valence-electron chi connectivity index (χ4n) is 2.32. The molecule has 1 aromatic carbocycles. The maximum absolute atomic E-state index is 11.7. The molecule has 2 aromatic rings. The van der Waals surface area contributed by atoms with Crippen molar-refractivity contribution < 1.29 is 13.5 Å². The fourth-order valence-corrected chi connectivity index (χ4v) is 2.97. The first-order chi connectivity index (χ1) is 10.3. The van der Waals surface area contributed by atoms with E-state index < -0.39 is 9.84 Å². The van der Waals surface area contributed by atoms with Crippen LogP contribution in [0.4, 0.5) is 5.82 Å². The molecule has 0 radical (unpaired) electrons. The quantitative estimate of drug-likeness (QED) is 0.843. The van der Waals surface area contributed by atoms with Gasteiger partial charge < -0.3 is 10.4 Å². The Kier molecular flexibility index (Phi) is 4.97. The van der Waals surface area contributed by atoms with E-state index in [9.17, 15) is 13.5 Å². The van der Waals surface area contributed by atoms with Crippen LogP contribution in [0.3, 0.4) is 0 Å². The first-order valence-corrected chi connectivity index (χ1v) is 9.02. The van der Waals surface area contributed by atoms with E-state index >= 15 is 0 Å². The van der Waals surface area contributed by atoms with Gasteiger partial charge in [-0.1, -0.05) is 13.8 Å². The molecule has 1 atom stereocenters. The van der Waals surface area contributed by atoms with Gasteiger partial charge >= 0.3 is 0 Å². The molecule has 0 saturated carbocycles. The number of anilines is 1. The van der Waals surface area contributed by atoms with Gasteiger partial charge in [0.25, 0.3) is 0 Å². The zero-order valence-electron chi connectivity index (χ0n) is 12.9. The molecule has 0 amide bonds.